The SMILES string of the molecule is Cc1cc(CN(CC2CCCCN2)C(C)C)cc(C)c1O. The van der Waals surface area contributed by atoms with Gasteiger partial charge >= 0.3 is 0 Å². The summed E-state index contributed by atoms with van der Waals surface area (Å²) in [6, 6.07) is 5.39. The average molecular weight is 290 g/mol. The summed E-state index contributed by atoms with van der Waals surface area (Å²) in [5.41, 5.74) is 3.25. The highest BCUT2D eigenvalue weighted by atomic mass is 16.3. The normalized spacial score (nSPS) is 19.4. The van der Waals surface area contributed by atoms with E-state index in [9.17, 15) is 5.11 Å². The summed E-state index contributed by atoms with van der Waals surface area (Å²) in [5.74, 6) is 0.434. The molecule has 0 aliphatic carbocycles. The highest BCUT2D eigenvalue weighted by Gasteiger charge is 2.19. The average Bonchev–Trinajstić information content (AvgIpc) is 2.45. The lowest BCUT2D eigenvalue weighted by Crippen LogP contribution is -2.45. The van der Waals surface area contributed by atoms with Gasteiger partial charge in [-0.1, -0.05) is 18.6 Å². The lowest BCUT2D eigenvalue weighted by molar-refractivity contribution is 0.177. The van der Waals surface area contributed by atoms with Crippen molar-refractivity contribution in [2.75, 3.05) is 13.1 Å². The van der Waals surface area contributed by atoms with Crippen LogP contribution < -0.4 is 5.32 Å². The lowest BCUT2D eigenvalue weighted by atomic mass is 10.0. The molecule has 3 nitrogen and oxygen atoms in total. The topological polar surface area (TPSA) is 35.5 Å². The molecule has 21 heavy (non-hydrogen) atoms. The van der Waals surface area contributed by atoms with E-state index in [1.807, 2.05) is 13.8 Å². The second-order valence-corrected chi connectivity index (χ2v) is 6.75. The summed E-state index contributed by atoms with van der Waals surface area (Å²) >= 11 is 0. The molecule has 2 rings (SSSR count). The molecule has 1 saturated heterocycles. The molecule has 0 saturated carbocycles. The number of nitrogens with one attached hydrogen (secondary N) is 1. The number of nitrogens with zero attached hydrogens (tertiary/aromatic N) is 1. The molecule has 0 bridgehead atoms. The first kappa shape index (κ1) is 16.3. The molecular formula is C18H30N2O. The van der Waals surface area contributed by atoms with Crippen molar-refractivity contribution < 1.29 is 5.11 Å². The third-order valence-corrected chi connectivity index (χ3v) is 4.53. The minimum atomic E-state index is 0.434. The van der Waals surface area contributed by atoms with Crippen molar-refractivity contribution in [2.24, 2.45) is 0 Å². The Morgan fingerprint density at radius 2 is 1.90 bits per heavy atom. The number of benzene rings is 1. The number of aryl methyl sites for hydroxylation is 2. The van der Waals surface area contributed by atoms with Gasteiger partial charge in [-0.15, -0.1) is 0 Å². The van der Waals surface area contributed by atoms with Gasteiger partial charge in [0.05, 0.1) is 0 Å². The number of hydrogen-bond donors (Lipinski definition) is 2. The van der Waals surface area contributed by atoms with Crippen LogP contribution >= 0.6 is 0 Å². The summed E-state index contributed by atoms with van der Waals surface area (Å²) in [4.78, 5) is 2.54. The van der Waals surface area contributed by atoms with Crippen LogP contribution in [0.5, 0.6) is 5.75 Å². The van der Waals surface area contributed by atoms with E-state index in [1.54, 1.807) is 0 Å². The molecule has 118 valence electrons. The van der Waals surface area contributed by atoms with E-state index in [-0.39, 0.29) is 0 Å². The molecule has 3 heteroatoms. The van der Waals surface area contributed by atoms with Gasteiger partial charge in [0, 0.05) is 25.2 Å². The van der Waals surface area contributed by atoms with Crippen molar-refractivity contribution in [3.63, 3.8) is 0 Å². The van der Waals surface area contributed by atoms with Crippen LogP contribution in [0.3, 0.4) is 0 Å². The Hall–Kier alpha value is -1.06. The predicted octanol–water partition coefficient (Wildman–Crippen LogP) is 3.36. The van der Waals surface area contributed by atoms with Crippen LogP contribution in [0.25, 0.3) is 0 Å². The summed E-state index contributed by atoms with van der Waals surface area (Å²) in [6.45, 7) is 11.7. The van der Waals surface area contributed by atoms with Crippen LogP contribution in [0.2, 0.25) is 0 Å². The van der Waals surface area contributed by atoms with Crippen molar-refractivity contribution in [1.82, 2.24) is 10.2 Å². The molecule has 1 heterocycles. The van der Waals surface area contributed by atoms with E-state index < -0.39 is 0 Å². The second-order valence-electron chi connectivity index (χ2n) is 6.75. The van der Waals surface area contributed by atoms with Gasteiger partial charge in [-0.05, 0) is 63.8 Å². The zero-order valence-electron chi connectivity index (χ0n) is 13.9. The molecule has 1 aromatic carbocycles. The molecule has 0 amide bonds. The van der Waals surface area contributed by atoms with Crippen LogP contribution in [0.15, 0.2) is 12.1 Å². The Labute approximate surface area is 129 Å². The Morgan fingerprint density at radius 3 is 2.43 bits per heavy atom. The molecule has 0 aromatic heterocycles. The first-order valence-electron chi connectivity index (χ1n) is 8.24. The predicted molar refractivity (Wildman–Crippen MR) is 88.8 cm³/mol. The number of hydrogen-bond acceptors (Lipinski definition) is 3. The van der Waals surface area contributed by atoms with Gasteiger partial charge in [-0.3, -0.25) is 4.90 Å². The van der Waals surface area contributed by atoms with Gasteiger partial charge in [0.25, 0.3) is 0 Å². The monoisotopic (exact) mass is 290 g/mol. The van der Waals surface area contributed by atoms with Gasteiger partial charge in [-0.25, -0.2) is 0 Å². The molecule has 2 N–H and O–H groups in total. The van der Waals surface area contributed by atoms with Crippen LogP contribution in [0.1, 0.15) is 49.8 Å². The number of phenols is 1. The van der Waals surface area contributed by atoms with Crippen molar-refractivity contribution in [1.29, 1.82) is 0 Å². The number of phenolic OH excluding ortho intramolecular Hbond substituents is 1. The molecule has 0 spiro atoms. The van der Waals surface area contributed by atoms with E-state index in [0.29, 0.717) is 17.8 Å². The van der Waals surface area contributed by atoms with E-state index in [1.165, 1.54) is 24.8 Å². The zero-order chi connectivity index (χ0) is 15.4. The van der Waals surface area contributed by atoms with Crippen molar-refractivity contribution in [2.45, 2.75) is 65.6 Å². The molecule has 1 fully saturated rings. The van der Waals surface area contributed by atoms with Crippen LogP contribution in [-0.4, -0.2) is 35.2 Å². The van der Waals surface area contributed by atoms with Crippen LogP contribution in [-0.2, 0) is 6.54 Å². The fourth-order valence-corrected chi connectivity index (χ4v) is 3.19. The lowest BCUT2D eigenvalue weighted by Gasteiger charge is -2.33. The summed E-state index contributed by atoms with van der Waals surface area (Å²) in [5, 5.41) is 13.6. The number of aromatic hydroxyl groups is 1. The molecule has 0 radical (unpaired) electrons. The summed E-state index contributed by atoms with van der Waals surface area (Å²) in [7, 11) is 0. The second kappa shape index (κ2) is 7.28. The van der Waals surface area contributed by atoms with E-state index in [0.717, 1.165) is 30.8 Å². The quantitative estimate of drug-likeness (QED) is 0.873. The maximum absolute atomic E-state index is 9.91. The minimum absolute atomic E-state index is 0.434. The Kier molecular flexibility index (Phi) is 5.65. The van der Waals surface area contributed by atoms with E-state index in [4.69, 9.17) is 0 Å². The Bertz CT molecular complexity index is 441. The van der Waals surface area contributed by atoms with E-state index in [2.05, 4.69) is 36.2 Å². The third kappa shape index (κ3) is 4.45. The molecule has 1 aliphatic rings. The molecule has 1 aliphatic heterocycles. The maximum Gasteiger partial charge on any atom is 0.121 e. The fourth-order valence-electron chi connectivity index (χ4n) is 3.19. The third-order valence-electron chi connectivity index (χ3n) is 4.53. The van der Waals surface area contributed by atoms with Crippen molar-refractivity contribution in [3.05, 3.63) is 28.8 Å². The number of rotatable bonds is 5. The highest BCUT2D eigenvalue weighted by Crippen LogP contribution is 2.24. The Balaban J connectivity index is 2.05. The van der Waals surface area contributed by atoms with Crippen molar-refractivity contribution in [3.8, 4) is 5.75 Å². The Morgan fingerprint density at radius 1 is 1.24 bits per heavy atom. The first-order valence-corrected chi connectivity index (χ1v) is 8.24. The molecule has 1 aromatic rings. The first-order chi connectivity index (χ1) is 9.97. The smallest absolute Gasteiger partial charge is 0.121 e. The highest BCUT2D eigenvalue weighted by molar-refractivity contribution is 5.42. The van der Waals surface area contributed by atoms with E-state index >= 15 is 0 Å². The largest absolute Gasteiger partial charge is 0.507 e. The van der Waals surface area contributed by atoms with Gasteiger partial charge in [0.1, 0.15) is 5.75 Å². The molecule has 1 atom stereocenters. The van der Waals surface area contributed by atoms with Crippen molar-refractivity contribution >= 4 is 0 Å². The van der Waals surface area contributed by atoms with Gasteiger partial charge in [0.15, 0.2) is 0 Å². The maximum atomic E-state index is 9.91. The van der Waals surface area contributed by atoms with Crippen LogP contribution in [0.4, 0.5) is 0 Å². The minimum Gasteiger partial charge on any atom is -0.507 e. The zero-order valence-corrected chi connectivity index (χ0v) is 13.9. The summed E-state index contributed by atoms with van der Waals surface area (Å²) in [6.07, 6.45) is 3.95. The van der Waals surface area contributed by atoms with Gasteiger partial charge in [0.2, 0.25) is 0 Å². The van der Waals surface area contributed by atoms with Crippen LogP contribution in [0, 0.1) is 13.8 Å². The van der Waals surface area contributed by atoms with Gasteiger partial charge < -0.3 is 10.4 Å². The molecule has 1 unspecified atom stereocenters. The standard InChI is InChI=1S/C18H30N2O/c1-13(2)20(12-17-7-5-6-8-19-17)11-16-9-14(3)18(21)15(4)10-16/h9-10,13,17,19,21H,5-8,11-12H2,1-4H3. The summed E-state index contributed by atoms with van der Waals surface area (Å²) < 4.78 is 0. The molecular weight excluding hydrogens is 260 g/mol. The van der Waals surface area contributed by atoms with Gasteiger partial charge in [-0.2, -0.15) is 0 Å². The fraction of sp³-hybridized carbons (Fsp3) is 0.667. The number of piperidine rings is 1.